The van der Waals surface area contributed by atoms with Gasteiger partial charge in [0.05, 0.1) is 19.3 Å². The van der Waals surface area contributed by atoms with Crippen molar-refractivity contribution < 1.29 is 14.4 Å². The number of amides is 1. The zero-order valence-corrected chi connectivity index (χ0v) is 10.9. The zero-order chi connectivity index (χ0) is 12.9. The first kappa shape index (κ1) is 13.9. The van der Waals surface area contributed by atoms with E-state index < -0.39 is 5.54 Å². The van der Waals surface area contributed by atoms with Gasteiger partial charge in [0.25, 0.3) is 5.91 Å². The standard InChI is InChI=1S/C12H21N3O2/c1-10(2)12(3,9-13)14-11(16)8-15-4-6-17-7-5-15/h10H,4-8H2,1-3H3,(H,14,16)/p+1/t12-/m0/s1. The molecule has 0 aromatic carbocycles. The Morgan fingerprint density at radius 3 is 2.59 bits per heavy atom. The van der Waals surface area contributed by atoms with E-state index in [-0.39, 0.29) is 11.8 Å². The SMILES string of the molecule is CC(C)[C@](C)(C#N)NC(=O)C[NH+]1CCOCC1. The molecule has 1 saturated heterocycles. The molecule has 1 rings (SSSR count). The smallest absolute Gasteiger partial charge is 0.276 e. The number of nitrogens with zero attached hydrogens (tertiary/aromatic N) is 1. The maximum Gasteiger partial charge on any atom is 0.276 e. The molecule has 2 N–H and O–H groups in total. The maximum atomic E-state index is 11.9. The Hall–Kier alpha value is -1.12. The molecule has 0 bridgehead atoms. The van der Waals surface area contributed by atoms with E-state index in [4.69, 9.17) is 10.00 Å². The third-order valence-corrected chi connectivity index (χ3v) is 3.40. The van der Waals surface area contributed by atoms with Gasteiger partial charge in [-0.25, -0.2) is 0 Å². The number of morpholine rings is 1. The van der Waals surface area contributed by atoms with Gasteiger partial charge >= 0.3 is 0 Å². The molecule has 0 aromatic heterocycles. The summed E-state index contributed by atoms with van der Waals surface area (Å²) in [6.45, 7) is 9.20. The van der Waals surface area contributed by atoms with E-state index in [9.17, 15) is 4.79 Å². The van der Waals surface area contributed by atoms with E-state index in [0.717, 1.165) is 13.1 Å². The summed E-state index contributed by atoms with van der Waals surface area (Å²) in [6, 6.07) is 2.18. The van der Waals surface area contributed by atoms with Crippen molar-refractivity contribution in [1.29, 1.82) is 5.26 Å². The third kappa shape index (κ3) is 3.99. The van der Waals surface area contributed by atoms with Crippen molar-refractivity contribution in [3.8, 4) is 6.07 Å². The summed E-state index contributed by atoms with van der Waals surface area (Å²) in [5.41, 5.74) is -0.775. The molecular weight excluding hydrogens is 218 g/mol. The van der Waals surface area contributed by atoms with E-state index in [2.05, 4.69) is 11.4 Å². The molecule has 5 nitrogen and oxygen atoms in total. The van der Waals surface area contributed by atoms with Crippen LogP contribution in [0.5, 0.6) is 0 Å². The van der Waals surface area contributed by atoms with Crippen LogP contribution in [0.3, 0.4) is 0 Å². The normalized spacial score (nSPS) is 20.6. The average molecular weight is 240 g/mol. The lowest BCUT2D eigenvalue weighted by Crippen LogP contribution is -3.15. The molecule has 0 spiro atoms. The van der Waals surface area contributed by atoms with Crippen LogP contribution in [0.15, 0.2) is 0 Å². The van der Waals surface area contributed by atoms with Crippen molar-refractivity contribution in [2.24, 2.45) is 5.92 Å². The minimum absolute atomic E-state index is 0.0559. The van der Waals surface area contributed by atoms with Crippen LogP contribution in [0.2, 0.25) is 0 Å². The summed E-state index contributed by atoms with van der Waals surface area (Å²) in [5.74, 6) is 0.0378. The van der Waals surface area contributed by atoms with Gasteiger partial charge in [0.15, 0.2) is 6.54 Å². The number of hydrogen-bond donors (Lipinski definition) is 2. The Kier molecular flexibility index (Phi) is 4.91. The second-order valence-electron chi connectivity index (χ2n) is 5.06. The Morgan fingerprint density at radius 2 is 2.12 bits per heavy atom. The molecule has 0 aromatic rings. The Bertz CT molecular complexity index is 305. The van der Waals surface area contributed by atoms with Gasteiger partial charge in [-0.05, 0) is 12.8 Å². The predicted molar refractivity (Wildman–Crippen MR) is 63.4 cm³/mol. The molecule has 96 valence electrons. The fourth-order valence-corrected chi connectivity index (χ4v) is 1.70. The van der Waals surface area contributed by atoms with Crippen LogP contribution in [0.1, 0.15) is 20.8 Å². The largest absolute Gasteiger partial charge is 0.370 e. The summed E-state index contributed by atoms with van der Waals surface area (Å²) in [5, 5.41) is 11.9. The number of quaternary nitrogens is 1. The van der Waals surface area contributed by atoms with Crippen LogP contribution in [-0.2, 0) is 9.53 Å². The van der Waals surface area contributed by atoms with Gasteiger partial charge in [0.2, 0.25) is 0 Å². The number of rotatable bonds is 4. The fraction of sp³-hybridized carbons (Fsp3) is 0.833. The summed E-state index contributed by atoms with van der Waals surface area (Å²) in [4.78, 5) is 13.1. The number of ether oxygens (including phenoxy) is 1. The van der Waals surface area contributed by atoms with E-state index in [1.54, 1.807) is 6.92 Å². The van der Waals surface area contributed by atoms with Crippen molar-refractivity contribution in [1.82, 2.24) is 5.32 Å². The molecular formula is C12H22N3O2+. The third-order valence-electron chi connectivity index (χ3n) is 3.40. The topological polar surface area (TPSA) is 66.6 Å². The molecule has 1 aliphatic heterocycles. The molecule has 1 fully saturated rings. The fourth-order valence-electron chi connectivity index (χ4n) is 1.70. The highest BCUT2D eigenvalue weighted by atomic mass is 16.5. The molecule has 1 heterocycles. The van der Waals surface area contributed by atoms with Crippen molar-refractivity contribution >= 4 is 5.91 Å². The highest BCUT2D eigenvalue weighted by molar-refractivity contribution is 5.78. The second-order valence-corrected chi connectivity index (χ2v) is 5.06. The second kappa shape index (κ2) is 5.99. The van der Waals surface area contributed by atoms with E-state index >= 15 is 0 Å². The lowest BCUT2D eigenvalue weighted by Gasteiger charge is -2.29. The molecule has 0 saturated carbocycles. The van der Waals surface area contributed by atoms with Gasteiger partial charge in [-0.3, -0.25) is 4.79 Å². The number of nitrogens with one attached hydrogen (secondary N) is 2. The van der Waals surface area contributed by atoms with E-state index in [1.807, 2.05) is 13.8 Å². The lowest BCUT2D eigenvalue weighted by molar-refractivity contribution is -0.900. The first-order chi connectivity index (χ1) is 7.98. The number of carbonyl (C=O) groups excluding carboxylic acids is 1. The molecule has 0 aliphatic carbocycles. The summed E-state index contributed by atoms with van der Waals surface area (Å²) >= 11 is 0. The average Bonchev–Trinajstić information content (AvgIpc) is 2.29. The quantitative estimate of drug-likeness (QED) is 0.659. The maximum absolute atomic E-state index is 11.9. The van der Waals surface area contributed by atoms with Crippen LogP contribution >= 0.6 is 0 Å². The van der Waals surface area contributed by atoms with E-state index in [0.29, 0.717) is 19.8 Å². The summed E-state index contributed by atoms with van der Waals surface area (Å²) < 4.78 is 5.24. The molecule has 0 radical (unpaired) electrons. The number of nitriles is 1. The van der Waals surface area contributed by atoms with Crippen molar-refractivity contribution in [3.05, 3.63) is 0 Å². The van der Waals surface area contributed by atoms with Gasteiger partial charge < -0.3 is 15.0 Å². The lowest BCUT2D eigenvalue weighted by atomic mass is 9.90. The van der Waals surface area contributed by atoms with Crippen LogP contribution in [-0.4, -0.2) is 44.3 Å². The minimum atomic E-state index is -0.775. The molecule has 5 heteroatoms. The molecule has 17 heavy (non-hydrogen) atoms. The van der Waals surface area contributed by atoms with Gasteiger partial charge in [0, 0.05) is 0 Å². The molecule has 1 amide bonds. The van der Waals surface area contributed by atoms with Crippen LogP contribution < -0.4 is 10.2 Å². The number of hydrogen-bond acceptors (Lipinski definition) is 3. The highest BCUT2D eigenvalue weighted by Crippen LogP contribution is 2.14. The molecule has 1 atom stereocenters. The molecule has 1 aliphatic rings. The zero-order valence-electron chi connectivity index (χ0n) is 10.9. The van der Waals surface area contributed by atoms with Crippen molar-refractivity contribution in [2.75, 3.05) is 32.8 Å². The molecule has 0 unspecified atom stereocenters. The first-order valence-corrected chi connectivity index (χ1v) is 6.11. The van der Waals surface area contributed by atoms with Gasteiger partial charge in [-0.15, -0.1) is 0 Å². The van der Waals surface area contributed by atoms with Gasteiger partial charge in [-0.1, -0.05) is 13.8 Å². The van der Waals surface area contributed by atoms with Crippen molar-refractivity contribution in [2.45, 2.75) is 26.3 Å². The predicted octanol–water partition coefficient (Wildman–Crippen LogP) is -1.04. The van der Waals surface area contributed by atoms with Crippen LogP contribution in [0.25, 0.3) is 0 Å². The Morgan fingerprint density at radius 1 is 1.53 bits per heavy atom. The van der Waals surface area contributed by atoms with Crippen LogP contribution in [0, 0.1) is 17.2 Å². The van der Waals surface area contributed by atoms with Gasteiger partial charge in [-0.2, -0.15) is 5.26 Å². The first-order valence-electron chi connectivity index (χ1n) is 6.11. The Balaban J connectivity index is 2.45. The minimum Gasteiger partial charge on any atom is -0.370 e. The Labute approximate surface area is 103 Å². The van der Waals surface area contributed by atoms with Crippen molar-refractivity contribution in [3.63, 3.8) is 0 Å². The number of carbonyl (C=O) groups is 1. The summed E-state index contributed by atoms with van der Waals surface area (Å²) in [6.07, 6.45) is 0. The van der Waals surface area contributed by atoms with E-state index in [1.165, 1.54) is 4.90 Å². The highest BCUT2D eigenvalue weighted by Gasteiger charge is 2.31. The summed E-state index contributed by atoms with van der Waals surface area (Å²) in [7, 11) is 0. The van der Waals surface area contributed by atoms with Gasteiger partial charge in [0.1, 0.15) is 18.6 Å². The van der Waals surface area contributed by atoms with Crippen LogP contribution in [0.4, 0.5) is 0 Å². The monoisotopic (exact) mass is 240 g/mol.